The van der Waals surface area contributed by atoms with Crippen molar-refractivity contribution in [2.75, 3.05) is 12.4 Å². The van der Waals surface area contributed by atoms with Crippen LogP contribution in [0, 0.1) is 0 Å². The quantitative estimate of drug-likeness (QED) is 0.473. The molecular weight excluding hydrogens is 360 g/mol. The Labute approximate surface area is 161 Å². The fourth-order valence-electron chi connectivity index (χ4n) is 2.41. The molecule has 0 aliphatic heterocycles. The number of benzene rings is 2. The Bertz CT molecular complexity index is 956. The summed E-state index contributed by atoms with van der Waals surface area (Å²) in [5.41, 5.74) is 1.66. The normalized spacial score (nSPS) is 10.4. The molecule has 0 unspecified atom stereocenters. The minimum Gasteiger partial charge on any atom is -0.497 e. The Morgan fingerprint density at radius 1 is 1.15 bits per heavy atom. The van der Waals surface area contributed by atoms with Crippen molar-refractivity contribution in [2.24, 2.45) is 0 Å². The number of hydrogen-bond acceptors (Lipinski definition) is 6. The van der Waals surface area contributed by atoms with Crippen LogP contribution >= 0.6 is 11.8 Å². The average Bonchev–Trinajstić information content (AvgIpc) is 2.71. The van der Waals surface area contributed by atoms with Crippen molar-refractivity contribution in [3.8, 4) is 5.75 Å². The van der Waals surface area contributed by atoms with Gasteiger partial charge >= 0.3 is 0 Å². The average molecular weight is 380 g/mol. The van der Waals surface area contributed by atoms with Gasteiger partial charge in [0.15, 0.2) is 5.16 Å². The van der Waals surface area contributed by atoms with E-state index in [1.54, 1.807) is 17.8 Å². The number of nitrogens with zero attached hydrogens (tertiary/aromatic N) is 3. The maximum Gasteiger partial charge on any atom is 0.297 e. The second-order valence-corrected chi connectivity index (χ2v) is 6.61. The Hall–Kier alpha value is -3.06. The predicted octanol–water partition coefficient (Wildman–Crippen LogP) is 3.87. The molecule has 0 bridgehead atoms. The number of nitrogens with one attached hydrogen (secondary N) is 1. The highest BCUT2D eigenvalue weighted by atomic mass is 32.2. The largest absolute Gasteiger partial charge is 0.497 e. The van der Waals surface area contributed by atoms with Crippen LogP contribution in [0.3, 0.4) is 0 Å². The number of thioether (sulfide) groups is 1. The smallest absolute Gasteiger partial charge is 0.297 e. The van der Waals surface area contributed by atoms with Crippen molar-refractivity contribution in [1.29, 1.82) is 0 Å². The fourth-order valence-corrected chi connectivity index (χ4v) is 3.31. The Kier molecular flexibility index (Phi) is 6.27. The molecule has 2 aromatic carbocycles. The lowest BCUT2D eigenvalue weighted by Gasteiger charge is -2.11. The number of anilines is 2. The van der Waals surface area contributed by atoms with Gasteiger partial charge in [0, 0.05) is 18.0 Å². The van der Waals surface area contributed by atoms with Gasteiger partial charge in [-0.05, 0) is 29.8 Å². The predicted molar refractivity (Wildman–Crippen MR) is 109 cm³/mol. The molecule has 0 spiro atoms. The van der Waals surface area contributed by atoms with E-state index in [0.29, 0.717) is 17.5 Å². The van der Waals surface area contributed by atoms with E-state index in [-0.39, 0.29) is 11.4 Å². The zero-order valence-electron chi connectivity index (χ0n) is 15.0. The van der Waals surface area contributed by atoms with Crippen LogP contribution in [-0.4, -0.2) is 21.9 Å². The number of allylic oxidation sites excluding steroid dienone is 1. The Balaban J connectivity index is 1.81. The minimum absolute atomic E-state index is 0.192. The fraction of sp³-hybridized carbons (Fsp3) is 0.150. The van der Waals surface area contributed by atoms with Crippen LogP contribution < -0.4 is 15.6 Å². The number of para-hydroxylation sites is 1. The van der Waals surface area contributed by atoms with Crippen LogP contribution in [0.2, 0.25) is 0 Å². The summed E-state index contributed by atoms with van der Waals surface area (Å²) < 4.78 is 6.74. The molecule has 0 saturated carbocycles. The lowest BCUT2D eigenvalue weighted by molar-refractivity contribution is 0.414. The molecule has 0 radical (unpaired) electrons. The van der Waals surface area contributed by atoms with Gasteiger partial charge in [-0.3, -0.25) is 9.36 Å². The van der Waals surface area contributed by atoms with Crippen LogP contribution in [0.1, 0.15) is 5.56 Å². The summed E-state index contributed by atoms with van der Waals surface area (Å²) >= 11 is 1.46. The molecule has 3 rings (SSSR count). The standard InChI is InChI=1S/C20H20N4O2S/c1-3-13-24-19(25)18(21-16-7-5-4-6-8-16)22-23-20(24)27-14-15-9-11-17(26-2)12-10-15/h3-12H,1,13-14H2,2H3,(H,21,22). The molecule has 27 heavy (non-hydrogen) atoms. The first-order chi connectivity index (χ1) is 13.2. The van der Waals surface area contributed by atoms with E-state index >= 15 is 0 Å². The van der Waals surface area contributed by atoms with Crippen molar-refractivity contribution in [3.63, 3.8) is 0 Å². The van der Waals surface area contributed by atoms with Crippen LogP contribution in [0.4, 0.5) is 11.5 Å². The molecule has 1 aromatic heterocycles. The summed E-state index contributed by atoms with van der Waals surface area (Å²) in [6.45, 7) is 4.10. The van der Waals surface area contributed by atoms with E-state index in [1.807, 2.05) is 54.6 Å². The van der Waals surface area contributed by atoms with Gasteiger partial charge in [-0.1, -0.05) is 48.2 Å². The Morgan fingerprint density at radius 3 is 2.56 bits per heavy atom. The molecular formula is C20H20N4O2S. The van der Waals surface area contributed by atoms with Gasteiger partial charge in [-0.2, -0.15) is 0 Å². The summed E-state index contributed by atoms with van der Waals surface area (Å²) in [6.07, 6.45) is 1.67. The van der Waals surface area contributed by atoms with Gasteiger partial charge in [0.05, 0.1) is 7.11 Å². The van der Waals surface area contributed by atoms with Crippen molar-refractivity contribution in [2.45, 2.75) is 17.5 Å². The molecule has 6 nitrogen and oxygen atoms in total. The van der Waals surface area contributed by atoms with Gasteiger partial charge in [0.2, 0.25) is 5.82 Å². The molecule has 3 aromatic rings. The monoisotopic (exact) mass is 380 g/mol. The molecule has 0 aliphatic rings. The number of aromatic nitrogens is 3. The third kappa shape index (κ3) is 4.77. The van der Waals surface area contributed by atoms with E-state index in [1.165, 1.54) is 11.8 Å². The molecule has 1 heterocycles. The summed E-state index contributed by atoms with van der Waals surface area (Å²) in [6, 6.07) is 17.2. The topological polar surface area (TPSA) is 69.0 Å². The minimum atomic E-state index is -0.231. The van der Waals surface area contributed by atoms with E-state index in [4.69, 9.17) is 4.74 Å². The number of rotatable bonds is 8. The van der Waals surface area contributed by atoms with E-state index in [9.17, 15) is 4.79 Å². The third-order valence-corrected chi connectivity index (χ3v) is 4.83. The van der Waals surface area contributed by atoms with Crippen molar-refractivity contribution in [3.05, 3.63) is 83.2 Å². The van der Waals surface area contributed by atoms with Crippen LogP contribution in [0.5, 0.6) is 5.75 Å². The van der Waals surface area contributed by atoms with Gasteiger partial charge in [0.25, 0.3) is 5.56 Å². The summed E-state index contributed by atoms with van der Waals surface area (Å²) in [7, 11) is 1.64. The first-order valence-electron chi connectivity index (χ1n) is 8.37. The third-order valence-electron chi connectivity index (χ3n) is 3.79. The molecule has 0 atom stereocenters. The van der Waals surface area contributed by atoms with Gasteiger partial charge in [0.1, 0.15) is 5.75 Å². The van der Waals surface area contributed by atoms with Crippen molar-refractivity contribution in [1.82, 2.24) is 14.8 Å². The highest BCUT2D eigenvalue weighted by molar-refractivity contribution is 7.98. The van der Waals surface area contributed by atoms with Gasteiger partial charge in [-0.25, -0.2) is 0 Å². The lowest BCUT2D eigenvalue weighted by atomic mass is 10.2. The zero-order chi connectivity index (χ0) is 19.1. The first kappa shape index (κ1) is 18.7. The van der Waals surface area contributed by atoms with Crippen molar-refractivity contribution < 1.29 is 4.74 Å². The van der Waals surface area contributed by atoms with E-state index in [0.717, 1.165) is 17.0 Å². The van der Waals surface area contributed by atoms with Crippen LogP contribution in [0.25, 0.3) is 0 Å². The molecule has 138 valence electrons. The second kappa shape index (κ2) is 9.05. The van der Waals surface area contributed by atoms with Gasteiger partial charge in [-0.15, -0.1) is 16.8 Å². The number of methoxy groups -OCH3 is 1. The highest BCUT2D eigenvalue weighted by Gasteiger charge is 2.12. The maximum atomic E-state index is 12.8. The van der Waals surface area contributed by atoms with E-state index in [2.05, 4.69) is 22.1 Å². The highest BCUT2D eigenvalue weighted by Crippen LogP contribution is 2.22. The second-order valence-electron chi connectivity index (χ2n) is 5.66. The lowest BCUT2D eigenvalue weighted by Crippen LogP contribution is -2.26. The summed E-state index contributed by atoms with van der Waals surface area (Å²) in [4.78, 5) is 12.8. The molecule has 1 N–H and O–H groups in total. The number of ether oxygens (including phenoxy) is 1. The zero-order valence-corrected chi connectivity index (χ0v) is 15.8. The first-order valence-corrected chi connectivity index (χ1v) is 9.36. The van der Waals surface area contributed by atoms with Crippen LogP contribution in [0.15, 0.2) is 77.2 Å². The molecule has 0 aliphatic carbocycles. The van der Waals surface area contributed by atoms with Crippen LogP contribution in [-0.2, 0) is 12.3 Å². The van der Waals surface area contributed by atoms with E-state index < -0.39 is 0 Å². The summed E-state index contributed by atoms with van der Waals surface area (Å²) in [5, 5.41) is 11.9. The molecule has 0 amide bonds. The SMILES string of the molecule is C=CCn1c(SCc2ccc(OC)cc2)nnc(Nc2ccccc2)c1=O. The molecule has 0 fully saturated rings. The van der Waals surface area contributed by atoms with Crippen molar-refractivity contribution >= 4 is 23.3 Å². The van der Waals surface area contributed by atoms with Gasteiger partial charge < -0.3 is 10.1 Å². The maximum absolute atomic E-state index is 12.8. The summed E-state index contributed by atoms with van der Waals surface area (Å²) in [5.74, 6) is 1.67. The molecule has 7 heteroatoms. The molecule has 0 saturated heterocycles. The number of hydrogen-bond donors (Lipinski definition) is 1. The Morgan fingerprint density at radius 2 is 1.89 bits per heavy atom.